The summed E-state index contributed by atoms with van der Waals surface area (Å²) in [6, 6.07) is 13.3. The summed E-state index contributed by atoms with van der Waals surface area (Å²) in [7, 11) is 0. The molecule has 116 valence electrons. The van der Waals surface area contributed by atoms with Crippen molar-refractivity contribution in [3.8, 4) is 0 Å². The van der Waals surface area contributed by atoms with E-state index in [4.69, 9.17) is 5.73 Å². The van der Waals surface area contributed by atoms with Crippen molar-refractivity contribution in [2.24, 2.45) is 5.73 Å². The maximum absolute atomic E-state index is 11.9. The van der Waals surface area contributed by atoms with Crippen LogP contribution in [0.3, 0.4) is 0 Å². The molecule has 0 spiro atoms. The largest absolute Gasteiger partial charge is 0.848 e. The van der Waals surface area contributed by atoms with Crippen LogP contribution in [0.1, 0.15) is 21.5 Å². The maximum atomic E-state index is 11.9. The summed E-state index contributed by atoms with van der Waals surface area (Å²) in [5.41, 5.74) is 6.44. The molecule has 0 bridgehead atoms. The Labute approximate surface area is 136 Å². The van der Waals surface area contributed by atoms with Gasteiger partial charge >= 0.3 is 0 Å². The van der Waals surface area contributed by atoms with E-state index in [1.807, 2.05) is 0 Å². The average Bonchev–Trinajstić information content (AvgIpc) is 2.47. The first-order valence-electron chi connectivity index (χ1n) is 6.69. The summed E-state index contributed by atoms with van der Waals surface area (Å²) in [6.45, 7) is 0.455. The van der Waals surface area contributed by atoms with Gasteiger partial charge in [0.2, 0.25) is 0 Å². The van der Waals surface area contributed by atoms with Crippen LogP contribution in [0.25, 0.3) is 0 Å². The van der Waals surface area contributed by atoms with Crippen LogP contribution in [0.5, 0.6) is 0 Å². The van der Waals surface area contributed by atoms with Gasteiger partial charge in [-0.3, -0.25) is 4.79 Å². The lowest BCUT2D eigenvalue weighted by molar-refractivity contribution is -0.734. The van der Waals surface area contributed by atoms with E-state index in [9.17, 15) is 15.0 Å². The summed E-state index contributed by atoms with van der Waals surface area (Å²) < 4.78 is 0.914. The average molecular weight is 363 g/mol. The normalized spacial score (nSPS) is 11.3. The highest BCUT2D eigenvalue weighted by atomic mass is 79.9. The topological polar surface area (TPSA) is 101 Å². The molecule has 0 saturated heterocycles. The van der Waals surface area contributed by atoms with E-state index in [0.29, 0.717) is 18.5 Å². The molecule has 1 amide bonds. The van der Waals surface area contributed by atoms with Crippen LogP contribution >= 0.6 is 15.9 Å². The number of carbonyl (C=O) groups is 1. The van der Waals surface area contributed by atoms with E-state index in [1.54, 1.807) is 36.4 Å². The highest BCUT2D eigenvalue weighted by Crippen LogP contribution is 2.11. The minimum absolute atomic E-state index is 0.00449. The van der Waals surface area contributed by atoms with Crippen molar-refractivity contribution in [1.82, 2.24) is 5.32 Å². The molecule has 0 fully saturated rings. The molecule has 0 unspecified atom stereocenters. The van der Waals surface area contributed by atoms with Gasteiger partial charge in [-0.2, -0.15) is 0 Å². The SMILES string of the molecule is NC([O-])([O-])c1ccc(CCNC(=O)c2ccc(Br)cc2)cc1. The van der Waals surface area contributed by atoms with Crippen molar-refractivity contribution in [3.63, 3.8) is 0 Å². The van der Waals surface area contributed by atoms with Crippen LogP contribution < -0.4 is 21.3 Å². The molecular formula is C16H15BrN2O3-2. The number of hydrogen-bond donors (Lipinski definition) is 2. The number of amides is 1. The van der Waals surface area contributed by atoms with Crippen LogP contribution in [-0.2, 0) is 12.3 Å². The van der Waals surface area contributed by atoms with Gasteiger partial charge in [-0.15, -0.1) is 5.91 Å². The number of nitrogens with two attached hydrogens (primary N) is 1. The molecule has 0 heterocycles. The van der Waals surface area contributed by atoms with Crippen molar-refractivity contribution in [3.05, 3.63) is 69.7 Å². The minimum Gasteiger partial charge on any atom is -0.848 e. The van der Waals surface area contributed by atoms with Crippen LogP contribution in [-0.4, -0.2) is 12.5 Å². The number of hydrogen-bond acceptors (Lipinski definition) is 4. The van der Waals surface area contributed by atoms with E-state index in [2.05, 4.69) is 21.2 Å². The molecule has 0 aliphatic carbocycles. The fourth-order valence-electron chi connectivity index (χ4n) is 1.93. The Morgan fingerprint density at radius 3 is 2.23 bits per heavy atom. The molecule has 0 aliphatic rings. The summed E-state index contributed by atoms with van der Waals surface area (Å²) >= 11 is 3.31. The standard InChI is InChI=1S/C16H15BrN2O3/c17-14-7-3-12(4-8-14)15(20)19-10-9-11-1-5-13(6-2-11)16(18,21)22/h1-8H,9-10,18H2,(H,19,20)/q-2. The molecule has 2 aromatic rings. The summed E-state index contributed by atoms with van der Waals surface area (Å²) in [5, 5.41) is 24.9. The molecule has 0 radical (unpaired) electrons. The van der Waals surface area contributed by atoms with E-state index in [0.717, 1.165) is 10.0 Å². The van der Waals surface area contributed by atoms with Gasteiger partial charge in [0.15, 0.2) is 0 Å². The highest BCUT2D eigenvalue weighted by molar-refractivity contribution is 9.10. The monoisotopic (exact) mass is 362 g/mol. The summed E-state index contributed by atoms with van der Waals surface area (Å²) in [6.07, 6.45) is 0.595. The fourth-order valence-corrected chi connectivity index (χ4v) is 2.19. The first-order valence-corrected chi connectivity index (χ1v) is 7.48. The third-order valence-corrected chi connectivity index (χ3v) is 3.69. The van der Waals surface area contributed by atoms with Crippen LogP contribution in [0, 0.1) is 0 Å². The zero-order valence-electron chi connectivity index (χ0n) is 11.7. The first kappa shape index (κ1) is 16.6. The molecule has 0 aliphatic heterocycles. The molecule has 5 nitrogen and oxygen atoms in total. The van der Waals surface area contributed by atoms with Gasteiger partial charge in [0.25, 0.3) is 5.91 Å². The maximum Gasteiger partial charge on any atom is 0.251 e. The minimum atomic E-state index is -2.83. The van der Waals surface area contributed by atoms with Crippen molar-refractivity contribution in [1.29, 1.82) is 0 Å². The Bertz CT molecular complexity index is 634. The fraction of sp³-hybridized carbons (Fsp3) is 0.188. The van der Waals surface area contributed by atoms with Crippen LogP contribution in [0.2, 0.25) is 0 Å². The number of nitrogens with one attached hydrogen (secondary N) is 1. The Kier molecular flexibility index (Phi) is 5.31. The van der Waals surface area contributed by atoms with E-state index < -0.39 is 5.91 Å². The van der Waals surface area contributed by atoms with Crippen molar-refractivity contribution >= 4 is 21.8 Å². The third kappa shape index (κ3) is 4.64. The predicted octanol–water partition coefficient (Wildman–Crippen LogP) is 0.211. The van der Waals surface area contributed by atoms with Gasteiger partial charge in [-0.1, -0.05) is 45.8 Å². The number of benzene rings is 2. The Hall–Kier alpha value is -1.73. The van der Waals surface area contributed by atoms with E-state index >= 15 is 0 Å². The van der Waals surface area contributed by atoms with Gasteiger partial charge in [-0.25, -0.2) is 0 Å². The zero-order valence-corrected chi connectivity index (χ0v) is 13.3. The van der Waals surface area contributed by atoms with Crippen LogP contribution in [0.4, 0.5) is 0 Å². The lowest BCUT2D eigenvalue weighted by Crippen LogP contribution is -2.60. The van der Waals surface area contributed by atoms with Crippen molar-refractivity contribution in [2.45, 2.75) is 12.3 Å². The molecular weight excluding hydrogens is 348 g/mol. The molecule has 0 saturated carbocycles. The molecule has 6 heteroatoms. The van der Waals surface area contributed by atoms with E-state index in [-0.39, 0.29) is 11.5 Å². The quantitative estimate of drug-likeness (QED) is 0.742. The van der Waals surface area contributed by atoms with Crippen molar-refractivity contribution in [2.75, 3.05) is 6.54 Å². The molecule has 22 heavy (non-hydrogen) atoms. The lowest BCUT2D eigenvalue weighted by atomic mass is 10.1. The second-order valence-electron chi connectivity index (χ2n) is 4.88. The summed E-state index contributed by atoms with van der Waals surface area (Å²) in [5.74, 6) is -2.97. The smallest absolute Gasteiger partial charge is 0.251 e. The molecule has 0 aromatic heterocycles. The Morgan fingerprint density at radius 2 is 1.68 bits per heavy atom. The van der Waals surface area contributed by atoms with Crippen LogP contribution in [0.15, 0.2) is 53.0 Å². The Morgan fingerprint density at radius 1 is 1.09 bits per heavy atom. The van der Waals surface area contributed by atoms with Gasteiger partial charge in [0, 0.05) is 16.6 Å². The lowest BCUT2D eigenvalue weighted by Gasteiger charge is -2.44. The van der Waals surface area contributed by atoms with Gasteiger partial charge in [0.05, 0.1) is 0 Å². The molecule has 3 N–H and O–H groups in total. The zero-order chi connectivity index (χ0) is 16.2. The molecule has 2 rings (SSSR count). The van der Waals surface area contributed by atoms with Crippen molar-refractivity contribution < 1.29 is 15.0 Å². The predicted molar refractivity (Wildman–Crippen MR) is 82.5 cm³/mol. The summed E-state index contributed by atoms with van der Waals surface area (Å²) in [4.78, 5) is 11.9. The second kappa shape index (κ2) is 7.02. The number of halogens is 1. The van der Waals surface area contributed by atoms with Gasteiger partial charge < -0.3 is 21.3 Å². The second-order valence-corrected chi connectivity index (χ2v) is 5.79. The Balaban J connectivity index is 1.86. The highest BCUT2D eigenvalue weighted by Gasteiger charge is 2.04. The molecule has 0 atom stereocenters. The number of rotatable bonds is 5. The third-order valence-electron chi connectivity index (χ3n) is 3.16. The van der Waals surface area contributed by atoms with E-state index in [1.165, 1.54) is 12.1 Å². The number of carbonyl (C=O) groups excluding carboxylic acids is 1. The van der Waals surface area contributed by atoms with Gasteiger partial charge in [0.1, 0.15) is 0 Å². The first-order chi connectivity index (χ1) is 10.4. The molecule has 2 aromatic carbocycles. The van der Waals surface area contributed by atoms with Gasteiger partial charge in [-0.05, 0) is 36.2 Å².